The van der Waals surface area contributed by atoms with Gasteiger partial charge in [0.15, 0.2) is 11.5 Å². The summed E-state index contributed by atoms with van der Waals surface area (Å²) in [5, 5.41) is 3.27. The lowest BCUT2D eigenvalue weighted by molar-refractivity contribution is 0.297. The highest BCUT2D eigenvalue weighted by Gasteiger charge is 2.18. The normalized spacial score (nSPS) is 16.4. The molecule has 0 radical (unpaired) electrons. The van der Waals surface area contributed by atoms with Crippen molar-refractivity contribution in [3.8, 4) is 11.5 Å². The van der Waals surface area contributed by atoms with Crippen molar-refractivity contribution in [1.82, 2.24) is 5.32 Å². The van der Waals surface area contributed by atoms with E-state index < -0.39 is 0 Å². The fourth-order valence-electron chi connectivity index (χ4n) is 2.37. The predicted octanol–water partition coefficient (Wildman–Crippen LogP) is 2.81. The van der Waals surface area contributed by atoms with Gasteiger partial charge >= 0.3 is 0 Å². The molecule has 0 bridgehead atoms. The Morgan fingerprint density at radius 3 is 2.56 bits per heavy atom. The van der Waals surface area contributed by atoms with E-state index in [1.54, 1.807) is 0 Å². The first-order chi connectivity index (χ1) is 8.72. The van der Waals surface area contributed by atoms with Crippen molar-refractivity contribution in [3.63, 3.8) is 0 Å². The summed E-state index contributed by atoms with van der Waals surface area (Å²) in [6.45, 7) is 6.98. The first-order valence-corrected chi connectivity index (χ1v) is 6.76. The zero-order valence-corrected chi connectivity index (χ0v) is 11.5. The number of likely N-dealkylation sites (N-methyl/N-ethyl adjacent to an activating group) is 1. The maximum Gasteiger partial charge on any atom is 0.161 e. The number of nitrogens with one attached hydrogen (secondary N) is 1. The van der Waals surface area contributed by atoms with Crippen LogP contribution in [-0.4, -0.2) is 26.8 Å². The molecule has 18 heavy (non-hydrogen) atoms. The van der Waals surface area contributed by atoms with Crippen LogP contribution < -0.4 is 14.8 Å². The molecule has 1 aliphatic heterocycles. The van der Waals surface area contributed by atoms with Crippen molar-refractivity contribution >= 4 is 0 Å². The molecule has 0 saturated carbocycles. The summed E-state index contributed by atoms with van der Waals surface area (Å²) in [5.74, 6) is 2.88. The first-order valence-electron chi connectivity index (χ1n) is 6.76. The molecule has 1 atom stereocenters. The number of benzene rings is 1. The molecular weight excluding hydrogens is 226 g/mol. The van der Waals surface area contributed by atoms with Gasteiger partial charge in [-0.3, -0.25) is 0 Å². The average molecular weight is 249 g/mol. The quantitative estimate of drug-likeness (QED) is 0.890. The van der Waals surface area contributed by atoms with E-state index >= 15 is 0 Å². The highest BCUT2D eigenvalue weighted by atomic mass is 16.5. The van der Waals surface area contributed by atoms with Gasteiger partial charge in [0.05, 0.1) is 13.2 Å². The highest BCUT2D eigenvalue weighted by molar-refractivity contribution is 5.44. The third kappa shape index (κ3) is 2.96. The van der Waals surface area contributed by atoms with Crippen LogP contribution in [-0.2, 0) is 0 Å². The second-order valence-electron chi connectivity index (χ2n) is 5.16. The van der Waals surface area contributed by atoms with Crippen LogP contribution in [0, 0.1) is 5.92 Å². The maximum absolute atomic E-state index is 5.75. The molecule has 0 fully saturated rings. The van der Waals surface area contributed by atoms with Crippen molar-refractivity contribution in [2.45, 2.75) is 26.2 Å². The summed E-state index contributed by atoms with van der Waals surface area (Å²) in [7, 11) is 2.00. The van der Waals surface area contributed by atoms with E-state index in [2.05, 4.69) is 31.3 Å². The number of hydrogen-bond acceptors (Lipinski definition) is 3. The van der Waals surface area contributed by atoms with Gasteiger partial charge in [0, 0.05) is 13.0 Å². The van der Waals surface area contributed by atoms with Crippen LogP contribution >= 0.6 is 0 Å². The molecule has 1 unspecified atom stereocenters. The van der Waals surface area contributed by atoms with Gasteiger partial charge in [0.1, 0.15) is 0 Å². The van der Waals surface area contributed by atoms with E-state index in [1.165, 1.54) is 5.56 Å². The van der Waals surface area contributed by atoms with E-state index in [4.69, 9.17) is 9.47 Å². The van der Waals surface area contributed by atoms with Gasteiger partial charge < -0.3 is 14.8 Å². The van der Waals surface area contributed by atoms with Crippen molar-refractivity contribution in [1.29, 1.82) is 0 Å². The van der Waals surface area contributed by atoms with E-state index in [1.807, 2.05) is 13.1 Å². The standard InChI is InChI=1S/C15H23NO2/c1-11(2)13(10-16-3)12-5-6-14-15(9-12)18-8-4-7-17-14/h5-6,9,11,13,16H,4,7-8,10H2,1-3H3. The van der Waals surface area contributed by atoms with Gasteiger partial charge in [-0.15, -0.1) is 0 Å². The fraction of sp³-hybridized carbons (Fsp3) is 0.600. The molecule has 1 aliphatic rings. The van der Waals surface area contributed by atoms with E-state index in [-0.39, 0.29) is 0 Å². The van der Waals surface area contributed by atoms with Gasteiger partial charge in [-0.2, -0.15) is 0 Å². The Balaban J connectivity index is 2.25. The molecule has 1 N–H and O–H groups in total. The topological polar surface area (TPSA) is 30.5 Å². The van der Waals surface area contributed by atoms with Crippen LogP contribution in [0.4, 0.5) is 0 Å². The average Bonchev–Trinajstić information content (AvgIpc) is 2.59. The van der Waals surface area contributed by atoms with Gasteiger partial charge in [0.25, 0.3) is 0 Å². The largest absolute Gasteiger partial charge is 0.490 e. The monoisotopic (exact) mass is 249 g/mol. The Morgan fingerprint density at radius 2 is 1.89 bits per heavy atom. The molecule has 1 heterocycles. The Hall–Kier alpha value is -1.22. The molecule has 3 heteroatoms. The summed E-state index contributed by atoms with van der Waals surface area (Å²) in [4.78, 5) is 0. The smallest absolute Gasteiger partial charge is 0.161 e. The van der Waals surface area contributed by atoms with Crippen LogP contribution in [0.25, 0.3) is 0 Å². The van der Waals surface area contributed by atoms with Crippen molar-refractivity contribution < 1.29 is 9.47 Å². The Kier molecular flexibility index (Phi) is 4.48. The number of rotatable bonds is 4. The van der Waals surface area contributed by atoms with Gasteiger partial charge in [0.2, 0.25) is 0 Å². The zero-order valence-electron chi connectivity index (χ0n) is 11.5. The molecule has 0 amide bonds. The maximum atomic E-state index is 5.75. The van der Waals surface area contributed by atoms with E-state index in [9.17, 15) is 0 Å². The van der Waals surface area contributed by atoms with E-state index in [0.29, 0.717) is 11.8 Å². The Morgan fingerprint density at radius 1 is 1.17 bits per heavy atom. The lowest BCUT2D eigenvalue weighted by Crippen LogP contribution is -2.21. The minimum absolute atomic E-state index is 0.507. The third-order valence-corrected chi connectivity index (χ3v) is 3.43. The molecule has 1 aromatic carbocycles. The van der Waals surface area contributed by atoms with Crippen LogP contribution in [0.1, 0.15) is 31.7 Å². The van der Waals surface area contributed by atoms with E-state index in [0.717, 1.165) is 37.7 Å². The summed E-state index contributed by atoms with van der Waals surface area (Å²) in [6, 6.07) is 6.35. The SMILES string of the molecule is CNCC(c1ccc2c(c1)OCCCO2)C(C)C. The van der Waals surface area contributed by atoms with Crippen LogP contribution in [0.15, 0.2) is 18.2 Å². The molecule has 0 spiro atoms. The molecule has 100 valence electrons. The van der Waals surface area contributed by atoms with Gasteiger partial charge in [-0.25, -0.2) is 0 Å². The lowest BCUT2D eigenvalue weighted by Gasteiger charge is -2.22. The van der Waals surface area contributed by atoms with Gasteiger partial charge in [-0.1, -0.05) is 19.9 Å². The highest BCUT2D eigenvalue weighted by Crippen LogP contribution is 2.34. The minimum Gasteiger partial charge on any atom is -0.490 e. The molecule has 3 nitrogen and oxygen atoms in total. The summed E-state index contributed by atoms with van der Waals surface area (Å²) in [5.41, 5.74) is 1.32. The third-order valence-electron chi connectivity index (χ3n) is 3.43. The molecule has 0 aliphatic carbocycles. The van der Waals surface area contributed by atoms with Crippen molar-refractivity contribution in [2.24, 2.45) is 5.92 Å². The van der Waals surface area contributed by atoms with Crippen LogP contribution in [0.2, 0.25) is 0 Å². The molecule has 1 aromatic rings. The summed E-state index contributed by atoms with van der Waals surface area (Å²) < 4.78 is 11.4. The lowest BCUT2D eigenvalue weighted by atomic mass is 9.88. The molecule has 0 aromatic heterocycles. The molecular formula is C15H23NO2. The second kappa shape index (κ2) is 6.10. The van der Waals surface area contributed by atoms with Crippen molar-refractivity contribution in [2.75, 3.05) is 26.8 Å². The number of ether oxygens (including phenoxy) is 2. The zero-order chi connectivity index (χ0) is 13.0. The Labute approximate surface area is 109 Å². The fourth-order valence-corrected chi connectivity index (χ4v) is 2.37. The Bertz CT molecular complexity index is 390. The predicted molar refractivity (Wildman–Crippen MR) is 73.6 cm³/mol. The second-order valence-corrected chi connectivity index (χ2v) is 5.16. The molecule has 0 saturated heterocycles. The summed E-state index contributed by atoms with van der Waals surface area (Å²) >= 11 is 0. The number of fused-ring (bicyclic) bond motifs is 1. The van der Waals surface area contributed by atoms with Crippen molar-refractivity contribution in [3.05, 3.63) is 23.8 Å². The van der Waals surface area contributed by atoms with Crippen LogP contribution in [0.5, 0.6) is 11.5 Å². The first kappa shape index (κ1) is 13.2. The molecule has 2 rings (SSSR count). The van der Waals surface area contributed by atoms with Crippen LogP contribution in [0.3, 0.4) is 0 Å². The minimum atomic E-state index is 0.507. The summed E-state index contributed by atoms with van der Waals surface area (Å²) in [6.07, 6.45) is 0.953. The van der Waals surface area contributed by atoms with Gasteiger partial charge in [-0.05, 0) is 36.6 Å². The number of hydrogen-bond donors (Lipinski definition) is 1.